The van der Waals surface area contributed by atoms with Crippen LogP contribution in [0.5, 0.6) is 0 Å². The van der Waals surface area contributed by atoms with Crippen LogP contribution in [0.15, 0.2) is 0 Å². The molecular formula is C13H25F3N2O2. The molecule has 7 heteroatoms. The third-order valence-corrected chi connectivity index (χ3v) is 3.28. The smallest absolute Gasteiger partial charge is 0.401 e. The molecule has 0 heterocycles. The maximum atomic E-state index is 12.4. The minimum absolute atomic E-state index is 0.307. The van der Waals surface area contributed by atoms with E-state index in [9.17, 15) is 18.0 Å². The first-order valence-corrected chi connectivity index (χ1v) is 6.75. The molecule has 1 atom stereocenters. The lowest BCUT2D eigenvalue weighted by atomic mass is 9.96. The molecule has 0 aliphatic carbocycles. The molecule has 0 saturated carbocycles. The number of alkyl halides is 3. The maximum absolute atomic E-state index is 12.4. The van der Waals surface area contributed by atoms with Crippen molar-refractivity contribution in [1.29, 1.82) is 0 Å². The van der Waals surface area contributed by atoms with Gasteiger partial charge < -0.3 is 10.1 Å². The summed E-state index contributed by atoms with van der Waals surface area (Å²) in [6.45, 7) is 3.33. The van der Waals surface area contributed by atoms with Crippen molar-refractivity contribution in [3.63, 3.8) is 0 Å². The van der Waals surface area contributed by atoms with Gasteiger partial charge in [0.15, 0.2) is 0 Å². The number of likely N-dealkylation sites (N-methyl/N-ethyl adjacent to an activating group) is 1. The molecule has 4 nitrogen and oxygen atoms in total. The van der Waals surface area contributed by atoms with Gasteiger partial charge >= 0.3 is 12.1 Å². The number of hydrogen-bond donors (Lipinski definition) is 1. The summed E-state index contributed by atoms with van der Waals surface area (Å²) in [4.78, 5) is 13.0. The Morgan fingerprint density at radius 2 is 1.90 bits per heavy atom. The van der Waals surface area contributed by atoms with Gasteiger partial charge in [0.05, 0.1) is 13.7 Å². The molecular weight excluding hydrogens is 273 g/mol. The Balaban J connectivity index is 4.38. The fourth-order valence-electron chi connectivity index (χ4n) is 2.05. The summed E-state index contributed by atoms with van der Waals surface area (Å²) in [6, 6.07) is 0. The van der Waals surface area contributed by atoms with Gasteiger partial charge in [-0.3, -0.25) is 9.69 Å². The van der Waals surface area contributed by atoms with E-state index in [1.807, 2.05) is 6.92 Å². The minimum atomic E-state index is -4.19. The maximum Gasteiger partial charge on any atom is 0.401 e. The molecule has 1 N–H and O–H groups in total. The predicted octanol–water partition coefficient (Wildman–Crippen LogP) is 2.19. The summed E-state index contributed by atoms with van der Waals surface area (Å²) in [5.74, 6) is -0.405. The first-order valence-electron chi connectivity index (χ1n) is 6.75. The molecule has 0 bridgehead atoms. The van der Waals surface area contributed by atoms with Crippen LogP contribution in [0.2, 0.25) is 0 Å². The third-order valence-electron chi connectivity index (χ3n) is 3.28. The van der Waals surface area contributed by atoms with Crippen molar-refractivity contribution in [1.82, 2.24) is 10.2 Å². The summed E-state index contributed by atoms with van der Waals surface area (Å²) in [5, 5.41) is 2.87. The number of carbonyl (C=O) groups is 1. The molecule has 0 radical (unpaired) electrons. The van der Waals surface area contributed by atoms with Crippen LogP contribution in [0.3, 0.4) is 0 Å². The summed E-state index contributed by atoms with van der Waals surface area (Å²) >= 11 is 0. The number of nitrogens with zero attached hydrogens (tertiary/aromatic N) is 1. The van der Waals surface area contributed by atoms with E-state index in [1.54, 1.807) is 14.0 Å². The van der Waals surface area contributed by atoms with Gasteiger partial charge in [0, 0.05) is 0 Å². The SMILES string of the molecule is CCCN(CCCC(C)(NC)C(=O)OC)CC(F)(F)F. The van der Waals surface area contributed by atoms with Crippen LogP contribution < -0.4 is 5.32 Å². The minimum Gasteiger partial charge on any atom is -0.468 e. The Kier molecular flexibility index (Phi) is 8.12. The van der Waals surface area contributed by atoms with Crippen molar-refractivity contribution in [2.45, 2.75) is 44.8 Å². The van der Waals surface area contributed by atoms with Crippen LogP contribution in [-0.4, -0.2) is 56.4 Å². The number of methoxy groups -OCH3 is 1. The van der Waals surface area contributed by atoms with E-state index in [0.29, 0.717) is 32.4 Å². The monoisotopic (exact) mass is 298 g/mol. The second-order valence-corrected chi connectivity index (χ2v) is 5.07. The topological polar surface area (TPSA) is 41.6 Å². The van der Waals surface area contributed by atoms with Gasteiger partial charge in [-0.2, -0.15) is 13.2 Å². The van der Waals surface area contributed by atoms with Crippen molar-refractivity contribution < 1.29 is 22.7 Å². The van der Waals surface area contributed by atoms with Crippen molar-refractivity contribution in [3.05, 3.63) is 0 Å². The average Bonchev–Trinajstić information content (AvgIpc) is 2.35. The van der Waals surface area contributed by atoms with Crippen LogP contribution in [0.25, 0.3) is 0 Å². The third kappa shape index (κ3) is 7.09. The average molecular weight is 298 g/mol. The van der Waals surface area contributed by atoms with E-state index in [-0.39, 0.29) is 0 Å². The van der Waals surface area contributed by atoms with E-state index < -0.39 is 24.2 Å². The van der Waals surface area contributed by atoms with Crippen molar-refractivity contribution >= 4 is 5.97 Å². The van der Waals surface area contributed by atoms with Crippen LogP contribution >= 0.6 is 0 Å². The van der Waals surface area contributed by atoms with Gasteiger partial charge in [0.2, 0.25) is 0 Å². The van der Waals surface area contributed by atoms with E-state index in [0.717, 1.165) is 0 Å². The molecule has 0 amide bonds. The lowest BCUT2D eigenvalue weighted by Crippen LogP contribution is -2.48. The summed E-state index contributed by atoms with van der Waals surface area (Å²) in [6.07, 6.45) is -2.61. The Bertz CT molecular complexity index is 298. The largest absolute Gasteiger partial charge is 0.468 e. The highest BCUT2D eigenvalue weighted by Crippen LogP contribution is 2.19. The summed E-state index contributed by atoms with van der Waals surface area (Å²) in [5.41, 5.74) is -0.856. The number of halogens is 3. The fourth-order valence-corrected chi connectivity index (χ4v) is 2.05. The lowest BCUT2D eigenvalue weighted by Gasteiger charge is -2.28. The summed E-state index contributed by atoms with van der Waals surface area (Å²) < 4.78 is 41.9. The Morgan fingerprint density at radius 3 is 2.30 bits per heavy atom. The van der Waals surface area contributed by atoms with Gasteiger partial charge in [-0.05, 0) is 46.3 Å². The van der Waals surface area contributed by atoms with Gasteiger partial charge in [0.25, 0.3) is 0 Å². The molecule has 0 rings (SSSR count). The molecule has 0 aliphatic rings. The number of hydrogen-bond acceptors (Lipinski definition) is 4. The van der Waals surface area contributed by atoms with Crippen molar-refractivity contribution in [3.8, 4) is 0 Å². The second-order valence-electron chi connectivity index (χ2n) is 5.07. The molecule has 0 spiro atoms. The predicted molar refractivity (Wildman–Crippen MR) is 71.5 cm³/mol. The van der Waals surface area contributed by atoms with Crippen LogP contribution in [0.4, 0.5) is 13.2 Å². The molecule has 20 heavy (non-hydrogen) atoms. The van der Waals surface area contributed by atoms with Gasteiger partial charge in [0.1, 0.15) is 5.54 Å². The first kappa shape index (κ1) is 19.2. The lowest BCUT2D eigenvalue weighted by molar-refractivity contribution is -0.150. The molecule has 0 fully saturated rings. The zero-order chi connectivity index (χ0) is 15.8. The normalized spacial score (nSPS) is 15.2. The molecule has 1 unspecified atom stereocenters. The standard InChI is InChI=1S/C13H25F3N2O2/c1-5-8-18(10-13(14,15)16)9-6-7-12(2,17-3)11(19)20-4/h17H,5-10H2,1-4H3. The second kappa shape index (κ2) is 8.46. The highest BCUT2D eigenvalue weighted by atomic mass is 19.4. The Labute approximate surface area is 118 Å². The van der Waals surface area contributed by atoms with Crippen molar-refractivity contribution in [2.24, 2.45) is 0 Å². The molecule has 0 aromatic heterocycles. The van der Waals surface area contributed by atoms with Crippen LogP contribution in [-0.2, 0) is 9.53 Å². The van der Waals surface area contributed by atoms with Crippen LogP contribution in [0.1, 0.15) is 33.1 Å². The zero-order valence-corrected chi connectivity index (χ0v) is 12.6. The number of nitrogens with one attached hydrogen (secondary N) is 1. The van der Waals surface area contributed by atoms with Crippen LogP contribution in [0, 0.1) is 0 Å². The highest BCUT2D eigenvalue weighted by molar-refractivity contribution is 5.80. The molecule has 0 saturated heterocycles. The Hall–Kier alpha value is -0.820. The fraction of sp³-hybridized carbons (Fsp3) is 0.923. The van der Waals surface area contributed by atoms with Gasteiger partial charge in [-0.1, -0.05) is 6.92 Å². The van der Waals surface area contributed by atoms with Crippen molar-refractivity contribution in [2.75, 3.05) is 33.8 Å². The van der Waals surface area contributed by atoms with Gasteiger partial charge in [-0.15, -0.1) is 0 Å². The molecule has 0 aliphatic heterocycles. The van der Waals surface area contributed by atoms with E-state index in [1.165, 1.54) is 12.0 Å². The highest BCUT2D eigenvalue weighted by Gasteiger charge is 2.33. The number of rotatable bonds is 9. The van der Waals surface area contributed by atoms with E-state index in [4.69, 9.17) is 4.74 Å². The first-order chi connectivity index (χ1) is 9.18. The number of carbonyl (C=O) groups excluding carboxylic acids is 1. The molecule has 120 valence electrons. The van der Waals surface area contributed by atoms with E-state index in [2.05, 4.69) is 5.32 Å². The molecule has 0 aromatic carbocycles. The number of esters is 1. The summed E-state index contributed by atoms with van der Waals surface area (Å²) in [7, 11) is 2.93. The van der Waals surface area contributed by atoms with E-state index >= 15 is 0 Å². The number of ether oxygens (including phenoxy) is 1. The van der Waals surface area contributed by atoms with Gasteiger partial charge in [-0.25, -0.2) is 0 Å². The quantitative estimate of drug-likeness (QED) is 0.663. The molecule has 0 aromatic rings. The Morgan fingerprint density at radius 1 is 1.30 bits per heavy atom. The zero-order valence-electron chi connectivity index (χ0n) is 12.6.